The van der Waals surface area contributed by atoms with Crippen molar-refractivity contribution in [2.24, 2.45) is 0 Å². The maximum Gasteiger partial charge on any atom is 0.187 e. The van der Waals surface area contributed by atoms with E-state index in [1.807, 2.05) is 85.7 Å². The molecular formula is C36H27N5O. The first-order valence-electron chi connectivity index (χ1n) is 13.8. The summed E-state index contributed by atoms with van der Waals surface area (Å²) in [5, 5.41) is 6.97. The molecule has 4 aromatic carbocycles. The smallest absolute Gasteiger partial charge is 0.187 e. The lowest BCUT2D eigenvalue weighted by Gasteiger charge is -2.10. The zero-order valence-corrected chi connectivity index (χ0v) is 23.5. The SMILES string of the molecule is [C-]#[N+]c1cc(C)c(-c2cnn(-c3cccc(Oc4ccc5c6ccccc6n(-c6cc(C)ccn6)c5c4)c3)c2)c(C)c1. The van der Waals surface area contributed by atoms with Crippen LogP contribution in [-0.4, -0.2) is 19.3 Å². The summed E-state index contributed by atoms with van der Waals surface area (Å²) in [6, 6.07) is 30.5. The molecule has 0 aliphatic carbocycles. The van der Waals surface area contributed by atoms with Crippen molar-refractivity contribution in [1.29, 1.82) is 0 Å². The van der Waals surface area contributed by atoms with Crippen LogP contribution in [0.25, 0.3) is 49.3 Å². The van der Waals surface area contributed by atoms with E-state index in [2.05, 4.69) is 68.9 Å². The van der Waals surface area contributed by atoms with Gasteiger partial charge in [-0.1, -0.05) is 47.5 Å². The van der Waals surface area contributed by atoms with Crippen molar-refractivity contribution in [3.8, 4) is 34.1 Å². The Kier molecular flexibility index (Phi) is 6.06. The van der Waals surface area contributed by atoms with Gasteiger partial charge in [0.25, 0.3) is 0 Å². The van der Waals surface area contributed by atoms with Gasteiger partial charge in [0.1, 0.15) is 17.3 Å². The molecule has 0 amide bonds. The highest BCUT2D eigenvalue weighted by molar-refractivity contribution is 6.09. The molecule has 3 aromatic heterocycles. The fourth-order valence-corrected chi connectivity index (χ4v) is 5.78. The maximum absolute atomic E-state index is 7.34. The molecule has 42 heavy (non-hydrogen) atoms. The van der Waals surface area contributed by atoms with Gasteiger partial charge in [-0.05, 0) is 74.4 Å². The fraction of sp³-hybridized carbons (Fsp3) is 0.0833. The van der Waals surface area contributed by atoms with E-state index in [1.165, 1.54) is 5.39 Å². The van der Waals surface area contributed by atoms with E-state index in [-0.39, 0.29) is 0 Å². The number of aromatic nitrogens is 4. The van der Waals surface area contributed by atoms with E-state index in [0.29, 0.717) is 11.4 Å². The lowest BCUT2D eigenvalue weighted by atomic mass is 9.97. The molecule has 0 fully saturated rings. The number of aryl methyl sites for hydroxylation is 3. The molecule has 7 rings (SSSR count). The third-order valence-corrected chi connectivity index (χ3v) is 7.61. The van der Waals surface area contributed by atoms with E-state index >= 15 is 0 Å². The molecule has 202 valence electrons. The van der Waals surface area contributed by atoms with Crippen LogP contribution in [0.1, 0.15) is 16.7 Å². The number of rotatable bonds is 5. The van der Waals surface area contributed by atoms with E-state index < -0.39 is 0 Å². The molecular weight excluding hydrogens is 518 g/mol. The minimum atomic E-state index is 0.652. The molecule has 0 aliphatic heterocycles. The van der Waals surface area contributed by atoms with Crippen LogP contribution in [0, 0.1) is 27.3 Å². The van der Waals surface area contributed by atoms with Gasteiger partial charge in [-0.3, -0.25) is 4.57 Å². The van der Waals surface area contributed by atoms with Gasteiger partial charge in [0.2, 0.25) is 0 Å². The zero-order valence-electron chi connectivity index (χ0n) is 23.5. The first-order chi connectivity index (χ1) is 20.5. The Morgan fingerprint density at radius 2 is 1.55 bits per heavy atom. The van der Waals surface area contributed by atoms with Gasteiger partial charge in [-0.15, -0.1) is 0 Å². The summed E-state index contributed by atoms with van der Waals surface area (Å²) in [6.45, 7) is 13.5. The summed E-state index contributed by atoms with van der Waals surface area (Å²) in [5.41, 5.74) is 9.08. The van der Waals surface area contributed by atoms with Crippen molar-refractivity contribution in [2.75, 3.05) is 0 Å². The Balaban J connectivity index is 1.24. The largest absolute Gasteiger partial charge is 0.457 e. The molecule has 0 atom stereocenters. The summed E-state index contributed by atoms with van der Waals surface area (Å²) < 4.78 is 10.5. The molecule has 0 saturated carbocycles. The molecule has 0 spiro atoms. The van der Waals surface area contributed by atoms with E-state index in [4.69, 9.17) is 11.3 Å². The van der Waals surface area contributed by atoms with Crippen LogP contribution in [0.15, 0.2) is 110 Å². The van der Waals surface area contributed by atoms with Crippen LogP contribution in [-0.2, 0) is 0 Å². The molecule has 6 heteroatoms. The first-order valence-corrected chi connectivity index (χ1v) is 13.8. The molecule has 0 unspecified atom stereocenters. The van der Waals surface area contributed by atoms with Gasteiger partial charge in [-0.2, -0.15) is 5.10 Å². The number of hydrogen-bond donors (Lipinski definition) is 0. The second-order valence-corrected chi connectivity index (χ2v) is 10.6. The van der Waals surface area contributed by atoms with Crippen LogP contribution in [0.2, 0.25) is 0 Å². The fourth-order valence-electron chi connectivity index (χ4n) is 5.78. The van der Waals surface area contributed by atoms with Crippen molar-refractivity contribution in [3.63, 3.8) is 0 Å². The van der Waals surface area contributed by atoms with Crippen molar-refractivity contribution in [3.05, 3.63) is 138 Å². The van der Waals surface area contributed by atoms with Crippen LogP contribution in [0.4, 0.5) is 5.69 Å². The molecule has 0 radical (unpaired) electrons. The molecule has 7 aromatic rings. The highest BCUT2D eigenvalue weighted by atomic mass is 16.5. The number of benzene rings is 4. The molecule has 3 heterocycles. The van der Waals surface area contributed by atoms with Gasteiger partial charge < -0.3 is 4.74 Å². The lowest BCUT2D eigenvalue weighted by Crippen LogP contribution is -1.97. The molecule has 0 N–H and O–H groups in total. The molecule has 0 bridgehead atoms. The predicted molar refractivity (Wildman–Crippen MR) is 168 cm³/mol. The highest BCUT2D eigenvalue weighted by Crippen LogP contribution is 2.36. The van der Waals surface area contributed by atoms with Gasteiger partial charge >= 0.3 is 0 Å². The summed E-state index contributed by atoms with van der Waals surface area (Å²) in [5.74, 6) is 2.33. The summed E-state index contributed by atoms with van der Waals surface area (Å²) in [6.07, 6.45) is 5.74. The number of nitrogens with zero attached hydrogens (tertiary/aromatic N) is 5. The van der Waals surface area contributed by atoms with E-state index in [0.717, 1.165) is 61.5 Å². The molecule has 0 saturated heterocycles. The third-order valence-electron chi connectivity index (χ3n) is 7.61. The summed E-state index contributed by atoms with van der Waals surface area (Å²) in [7, 11) is 0. The van der Waals surface area contributed by atoms with Gasteiger partial charge in [-0.25, -0.2) is 14.5 Å². The van der Waals surface area contributed by atoms with Crippen molar-refractivity contribution < 1.29 is 4.74 Å². The number of para-hydroxylation sites is 1. The van der Waals surface area contributed by atoms with Crippen LogP contribution in [0.5, 0.6) is 11.5 Å². The Morgan fingerprint density at radius 3 is 2.36 bits per heavy atom. The Bertz CT molecular complexity index is 2160. The van der Waals surface area contributed by atoms with Gasteiger partial charge in [0.15, 0.2) is 5.69 Å². The van der Waals surface area contributed by atoms with Crippen LogP contribution >= 0.6 is 0 Å². The minimum Gasteiger partial charge on any atom is -0.457 e. The third kappa shape index (κ3) is 4.38. The molecule has 6 nitrogen and oxygen atoms in total. The second kappa shape index (κ2) is 10.1. The zero-order chi connectivity index (χ0) is 28.8. The van der Waals surface area contributed by atoms with Crippen LogP contribution < -0.4 is 4.74 Å². The van der Waals surface area contributed by atoms with Crippen LogP contribution in [0.3, 0.4) is 0 Å². The van der Waals surface area contributed by atoms with E-state index in [1.54, 1.807) is 0 Å². The van der Waals surface area contributed by atoms with Crippen molar-refractivity contribution in [2.45, 2.75) is 20.8 Å². The number of ether oxygens (including phenoxy) is 1. The minimum absolute atomic E-state index is 0.652. The Hall–Kier alpha value is -5.67. The quantitative estimate of drug-likeness (QED) is 0.203. The average molecular weight is 546 g/mol. The Labute approximate surface area is 243 Å². The van der Waals surface area contributed by atoms with E-state index in [9.17, 15) is 0 Å². The normalized spacial score (nSPS) is 11.2. The monoisotopic (exact) mass is 545 g/mol. The lowest BCUT2D eigenvalue weighted by molar-refractivity contribution is 0.483. The summed E-state index contributed by atoms with van der Waals surface area (Å²) in [4.78, 5) is 8.27. The Morgan fingerprint density at radius 1 is 0.762 bits per heavy atom. The number of fused-ring (bicyclic) bond motifs is 3. The predicted octanol–water partition coefficient (Wildman–Crippen LogP) is 9.30. The highest BCUT2D eigenvalue weighted by Gasteiger charge is 2.15. The maximum atomic E-state index is 7.34. The van der Waals surface area contributed by atoms with Crippen molar-refractivity contribution >= 4 is 27.5 Å². The van der Waals surface area contributed by atoms with Gasteiger partial charge in [0, 0.05) is 40.9 Å². The number of pyridine rings is 1. The topological polar surface area (TPSA) is 49.2 Å². The second-order valence-electron chi connectivity index (χ2n) is 10.6. The average Bonchev–Trinajstić information content (AvgIpc) is 3.60. The molecule has 0 aliphatic rings. The summed E-state index contributed by atoms with van der Waals surface area (Å²) >= 11 is 0. The van der Waals surface area contributed by atoms with Crippen molar-refractivity contribution in [1.82, 2.24) is 19.3 Å². The number of hydrogen-bond acceptors (Lipinski definition) is 3. The standard InChI is InChI=1S/C36H27N5O/c1-23-14-15-38-35(16-23)41-33-11-6-5-10-31(33)32-13-12-30(20-34(32)41)42-29-9-7-8-28(19-29)40-22-26(21-39-40)36-24(2)17-27(37-4)18-25(36)3/h5-22H,1-3H3. The van der Waals surface area contributed by atoms with Gasteiger partial charge in [0.05, 0.1) is 29.5 Å². The first kappa shape index (κ1) is 25.3.